The van der Waals surface area contributed by atoms with E-state index in [1.165, 1.54) is 4.90 Å². The zero-order chi connectivity index (χ0) is 11.8. The summed E-state index contributed by atoms with van der Waals surface area (Å²) in [5.41, 5.74) is 0. The highest BCUT2D eigenvalue weighted by atomic mass is 16.5. The molecule has 0 rings (SSSR count). The zero-order valence-electron chi connectivity index (χ0n) is 9.77. The van der Waals surface area contributed by atoms with Crippen LogP contribution in [-0.4, -0.2) is 37.4 Å². The Bertz CT molecular complexity index is 238. The monoisotopic (exact) mass is 213 g/mol. The minimum absolute atomic E-state index is 0.110. The molecule has 0 radical (unpaired) electrons. The molecule has 1 amide bonds. The highest BCUT2D eigenvalue weighted by molar-refractivity contribution is 5.78. The number of methoxy groups -OCH3 is 1. The molecule has 0 aliphatic rings. The van der Waals surface area contributed by atoms with Crippen molar-refractivity contribution in [3.63, 3.8) is 0 Å². The van der Waals surface area contributed by atoms with E-state index in [1.807, 2.05) is 13.0 Å². The van der Waals surface area contributed by atoms with Crippen molar-refractivity contribution < 1.29 is 14.3 Å². The lowest BCUT2D eigenvalue weighted by molar-refractivity contribution is -0.124. The molecule has 0 aromatic heterocycles. The number of ketones is 1. The summed E-state index contributed by atoms with van der Waals surface area (Å²) in [5, 5.41) is 0. The first-order chi connectivity index (χ1) is 7.02. The van der Waals surface area contributed by atoms with Crippen LogP contribution in [0.25, 0.3) is 0 Å². The quantitative estimate of drug-likeness (QED) is 0.597. The molecular weight excluding hydrogens is 194 g/mol. The van der Waals surface area contributed by atoms with E-state index in [1.54, 1.807) is 27.3 Å². The van der Waals surface area contributed by atoms with Gasteiger partial charge in [0.05, 0.1) is 6.10 Å². The molecule has 0 unspecified atom stereocenters. The van der Waals surface area contributed by atoms with Gasteiger partial charge in [-0.2, -0.15) is 0 Å². The van der Waals surface area contributed by atoms with Crippen molar-refractivity contribution in [2.24, 2.45) is 5.92 Å². The molecule has 86 valence electrons. The van der Waals surface area contributed by atoms with Crippen molar-refractivity contribution in [1.29, 1.82) is 0 Å². The molecule has 4 nitrogen and oxygen atoms in total. The van der Waals surface area contributed by atoms with Crippen molar-refractivity contribution in [3.8, 4) is 0 Å². The summed E-state index contributed by atoms with van der Waals surface area (Å²) in [6.07, 6.45) is 4.69. The number of amides is 1. The van der Waals surface area contributed by atoms with Crippen LogP contribution in [-0.2, 0) is 14.3 Å². The van der Waals surface area contributed by atoms with Crippen LogP contribution in [0.2, 0.25) is 0 Å². The molecule has 0 aromatic carbocycles. The fraction of sp³-hybridized carbons (Fsp3) is 0.636. The Kier molecular flexibility index (Phi) is 6.62. The molecule has 0 N–H and O–H groups in total. The predicted octanol–water partition coefficient (Wildman–Crippen LogP) is 1.22. The van der Waals surface area contributed by atoms with Crippen LogP contribution in [0.3, 0.4) is 0 Å². The maximum Gasteiger partial charge on any atom is 0.213 e. The number of nitrogens with zero attached hydrogens (tertiary/aromatic N) is 1. The van der Waals surface area contributed by atoms with Gasteiger partial charge in [-0.1, -0.05) is 13.0 Å². The number of carbonyl (C=O) groups is 2. The van der Waals surface area contributed by atoms with Crippen LogP contribution in [0.1, 0.15) is 20.3 Å². The standard InChI is InChI=1S/C11H19NO3/c1-9(10(2)14)11(15-4)6-5-7-12(3)8-13/h5,7-9,11H,6H2,1-4H3/b7-5+/t9-,11+/m0/s1. The SMILES string of the molecule is CO[C@H](C/C=C/N(C)C=O)[C@@H](C)C(C)=O. The summed E-state index contributed by atoms with van der Waals surface area (Å²) in [4.78, 5) is 22.8. The van der Waals surface area contributed by atoms with E-state index in [4.69, 9.17) is 4.74 Å². The van der Waals surface area contributed by atoms with Gasteiger partial charge in [0, 0.05) is 26.3 Å². The fourth-order valence-corrected chi connectivity index (χ4v) is 1.16. The highest BCUT2D eigenvalue weighted by Crippen LogP contribution is 2.12. The average molecular weight is 213 g/mol. The zero-order valence-corrected chi connectivity index (χ0v) is 9.77. The lowest BCUT2D eigenvalue weighted by atomic mass is 9.98. The average Bonchev–Trinajstić information content (AvgIpc) is 2.22. The number of hydrogen-bond acceptors (Lipinski definition) is 3. The Balaban J connectivity index is 4.16. The first-order valence-electron chi connectivity index (χ1n) is 4.90. The summed E-state index contributed by atoms with van der Waals surface area (Å²) in [6.45, 7) is 3.39. The van der Waals surface area contributed by atoms with Gasteiger partial charge in [0.15, 0.2) is 0 Å². The van der Waals surface area contributed by atoms with E-state index in [-0.39, 0.29) is 17.8 Å². The first-order valence-corrected chi connectivity index (χ1v) is 4.90. The number of carbonyl (C=O) groups excluding carboxylic acids is 2. The van der Waals surface area contributed by atoms with Crippen molar-refractivity contribution in [1.82, 2.24) is 4.90 Å². The van der Waals surface area contributed by atoms with Gasteiger partial charge < -0.3 is 9.64 Å². The van der Waals surface area contributed by atoms with Crippen LogP contribution in [0, 0.1) is 5.92 Å². The molecule has 0 aliphatic carbocycles. The van der Waals surface area contributed by atoms with E-state index in [0.29, 0.717) is 12.8 Å². The summed E-state index contributed by atoms with van der Waals surface area (Å²) in [7, 11) is 3.24. The van der Waals surface area contributed by atoms with E-state index in [9.17, 15) is 9.59 Å². The topological polar surface area (TPSA) is 46.6 Å². The Morgan fingerprint density at radius 3 is 2.53 bits per heavy atom. The van der Waals surface area contributed by atoms with Gasteiger partial charge in [0.1, 0.15) is 5.78 Å². The fourth-order valence-electron chi connectivity index (χ4n) is 1.16. The predicted molar refractivity (Wildman–Crippen MR) is 58.2 cm³/mol. The lowest BCUT2D eigenvalue weighted by Gasteiger charge is -2.18. The normalized spacial score (nSPS) is 14.9. The van der Waals surface area contributed by atoms with Crippen molar-refractivity contribution in [2.45, 2.75) is 26.4 Å². The number of ether oxygens (including phenoxy) is 1. The lowest BCUT2D eigenvalue weighted by Crippen LogP contribution is -2.25. The van der Waals surface area contributed by atoms with Gasteiger partial charge in [0.25, 0.3) is 0 Å². The van der Waals surface area contributed by atoms with Gasteiger partial charge in [-0.3, -0.25) is 9.59 Å². The van der Waals surface area contributed by atoms with Crippen molar-refractivity contribution in [2.75, 3.05) is 14.2 Å². The summed E-state index contributed by atoms with van der Waals surface area (Å²) < 4.78 is 5.21. The molecule has 4 heteroatoms. The highest BCUT2D eigenvalue weighted by Gasteiger charge is 2.19. The number of Topliss-reactive ketones (excluding diaryl/α,β-unsaturated/α-hetero) is 1. The van der Waals surface area contributed by atoms with E-state index >= 15 is 0 Å². The summed E-state index contributed by atoms with van der Waals surface area (Å²) in [5.74, 6) is -0.0137. The van der Waals surface area contributed by atoms with Gasteiger partial charge >= 0.3 is 0 Å². The molecular formula is C11H19NO3. The molecule has 0 aliphatic heterocycles. The Morgan fingerprint density at radius 2 is 2.13 bits per heavy atom. The smallest absolute Gasteiger partial charge is 0.213 e. The Labute approximate surface area is 90.9 Å². The molecule has 0 fully saturated rings. The van der Waals surface area contributed by atoms with E-state index in [0.717, 1.165) is 0 Å². The van der Waals surface area contributed by atoms with Crippen LogP contribution in [0.5, 0.6) is 0 Å². The second kappa shape index (κ2) is 7.17. The maximum atomic E-state index is 11.1. The second-order valence-corrected chi connectivity index (χ2v) is 3.56. The van der Waals surface area contributed by atoms with Gasteiger partial charge in [-0.15, -0.1) is 0 Å². The maximum absolute atomic E-state index is 11.1. The molecule has 15 heavy (non-hydrogen) atoms. The second-order valence-electron chi connectivity index (χ2n) is 3.56. The largest absolute Gasteiger partial charge is 0.380 e. The van der Waals surface area contributed by atoms with Crippen LogP contribution < -0.4 is 0 Å². The number of hydrogen-bond donors (Lipinski definition) is 0. The van der Waals surface area contributed by atoms with Crippen LogP contribution >= 0.6 is 0 Å². The number of rotatable bonds is 7. The van der Waals surface area contributed by atoms with Crippen LogP contribution in [0.4, 0.5) is 0 Å². The minimum Gasteiger partial charge on any atom is -0.380 e. The molecule has 0 spiro atoms. The Hall–Kier alpha value is -1.16. The molecule has 0 saturated heterocycles. The molecule has 0 heterocycles. The minimum atomic E-state index is -0.126. The Morgan fingerprint density at radius 1 is 1.53 bits per heavy atom. The van der Waals surface area contributed by atoms with Gasteiger partial charge in [-0.05, 0) is 13.3 Å². The molecule has 0 bridgehead atoms. The molecule has 0 aromatic rings. The van der Waals surface area contributed by atoms with Crippen molar-refractivity contribution >= 4 is 12.2 Å². The summed E-state index contributed by atoms with van der Waals surface area (Å²) in [6, 6.07) is 0. The molecule has 2 atom stereocenters. The molecule has 0 saturated carbocycles. The first kappa shape index (κ1) is 13.8. The summed E-state index contributed by atoms with van der Waals surface area (Å²) >= 11 is 0. The van der Waals surface area contributed by atoms with Crippen molar-refractivity contribution in [3.05, 3.63) is 12.3 Å². The third kappa shape index (κ3) is 5.32. The van der Waals surface area contributed by atoms with E-state index < -0.39 is 0 Å². The van der Waals surface area contributed by atoms with Gasteiger partial charge in [-0.25, -0.2) is 0 Å². The third-order valence-electron chi connectivity index (χ3n) is 2.38. The third-order valence-corrected chi connectivity index (χ3v) is 2.38. The van der Waals surface area contributed by atoms with Crippen LogP contribution in [0.15, 0.2) is 12.3 Å². The van der Waals surface area contributed by atoms with Gasteiger partial charge in [0.2, 0.25) is 6.41 Å². The van der Waals surface area contributed by atoms with E-state index in [2.05, 4.69) is 0 Å².